The van der Waals surface area contributed by atoms with Crippen molar-refractivity contribution < 1.29 is 14.3 Å². The van der Waals surface area contributed by atoms with Crippen LogP contribution in [-0.2, 0) is 0 Å². The molecule has 0 saturated heterocycles. The van der Waals surface area contributed by atoms with E-state index in [2.05, 4.69) is 6.92 Å². The van der Waals surface area contributed by atoms with Gasteiger partial charge in [-0.15, -0.1) is 0 Å². The first-order chi connectivity index (χ1) is 10.2. The summed E-state index contributed by atoms with van der Waals surface area (Å²) >= 11 is 0. The number of ketones is 1. The van der Waals surface area contributed by atoms with E-state index in [1.807, 2.05) is 6.07 Å². The van der Waals surface area contributed by atoms with Gasteiger partial charge in [-0.2, -0.15) is 0 Å². The van der Waals surface area contributed by atoms with E-state index in [-0.39, 0.29) is 5.78 Å². The van der Waals surface area contributed by atoms with Crippen LogP contribution in [0.1, 0.15) is 46.9 Å². The van der Waals surface area contributed by atoms with Crippen molar-refractivity contribution in [1.82, 2.24) is 0 Å². The van der Waals surface area contributed by atoms with Crippen LogP contribution in [-0.4, -0.2) is 11.8 Å². The van der Waals surface area contributed by atoms with Crippen LogP contribution in [0.3, 0.4) is 0 Å². The summed E-state index contributed by atoms with van der Waals surface area (Å²) in [6.45, 7) is 2.05. The van der Waals surface area contributed by atoms with Gasteiger partial charge in [-0.25, -0.2) is 4.79 Å². The summed E-state index contributed by atoms with van der Waals surface area (Å²) in [5, 5.41) is 0. The molecule has 3 heteroatoms. The number of esters is 1. The number of ether oxygens (including phenoxy) is 1. The second kappa shape index (κ2) is 7.39. The number of carbonyl (C=O) groups excluding carboxylic acids is 2. The Morgan fingerprint density at radius 1 is 0.905 bits per heavy atom. The lowest BCUT2D eigenvalue weighted by atomic mass is 10.1. The van der Waals surface area contributed by atoms with Crippen molar-refractivity contribution >= 4 is 11.8 Å². The highest BCUT2D eigenvalue weighted by Gasteiger charge is 2.09. The van der Waals surface area contributed by atoms with Crippen LogP contribution < -0.4 is 4.74 Å². The van der Waals surface area contributed by atoms with Crippen LogP contribution in [0.15, 0.2) is 54.6 Å². The first kappa shape index (κ1) is 15.0. The number of hydrogen-bond acceptors (Lipinski definition) is 3. The van der Waals surface area contributed by atoms with Crippen LogP contribution in [0.2, 0.25) is 0 Å². The average molecular weight is 282 g/mol. The van der Waals surface area contributed by atoms with Gasteiger partial charge in [-0.05, 0) is 42.8 Å². The molecule has 108 valence electrons. The van der Waals surface area contributed by atoms with Gasteiger partial charge in [0.15, 0.2) is 5.78 Å². The molecule has 0 aliphatic carbocycles. The Morgan fingerprint density at radius 3 is 2.19 bits per heavy atom. The molecule has 0 amide bonds. The standard InChI is InChI=1S/C18H18O3/c1-2-3-9-17(19)14-10-12-16(13-11-14)21-18(20)15-7-5-4-6-8-15/h4-8,10-13H,2-3,9H2,1H3. The molecule has 2 rings (SSSR count). The molecule has 2 aromatic carbocycles. The quantitative estimate of drug-likeness (QED) is 0.451. The number of unbranched alkanes of at least 4 members (excludes halogenated alkanes) is 1. The Morgan fingerprint density at radius 2 is 1.57 bits per heavy atom. The SMILES string of the molecule is CCCCC(=O)c1ccc(OC(=O)c2ccccc2)cc1. The van der Waals surface area contributed by atoms with Crippen molar-refractivity contribution in [2.75, 3.05) is 0 Å². The van der Waals surface area contributed by atoms with Gasteiger partial charge < -0.3 is 4.74 Å². The van der Waals surface area contributed by atoms with E-state index in [0.29, 0.717) is 23.3 Å². The molecule has 0 N–H and O–H groups in total. The second-order valence-corrected chi connectivity index (χ2v) is 4.81. The van der Waals surface area contributed by atoms with Crippen molar-refractivity contribution in [2.45, 2.75) is 26.2 Å². The second-order valence-electron chi connectivity index (χ2n) is 4.81. The Balaban J connectivity index is 1.99. The highest BCUT2D eigenvalue weighted by atomic mass is 16.5. The highest BCUT2D eigenvalue weighted by molar-refractivity contribution is 5.96. The lowest BCUT2D eigenvalue weighted by Crippen LogP contribution is -2.08. The minimum absolute atomic E-state index is 0.123. The summed E-state index contributed by atoms with van der Waals surface area (Å²) in [6, 6.07) is 15.5. The van der Waals surface area contributed by atoms with Gasteiger partial charge in [0.1, 0.15) is 5.75 Å². The van der Waals surface area contributed by atoms with Gasteiger partial charge in [-0.3, -0.25) is 4.79 Å². The molecule has 0 aromatic heterocycles. The predicted octanol–water partition coefficient (Wildman–Crippen LogP) is 4.28. The van der Waals surface area contributed by atoms with Crippen molar-refractivity contribution in [2.24, 2.45) is 0 Å². The lowest BCUT2D eigenvalue weighted by Gasteiger charge is -2.05. The average Bonchev–Trinajstić information content (AvgIpc) is 2.54. The smallest absolute Gasteiger partial charge is 0.343 e. The fraction of sp³-hybridized carbons (Fsp3) is 0.222. The van der Waals surface area contributed by atoms with Crippen molar-refractivity contribution in [3.8, 4) is 5.75 Å². The minimum Gasteiger partial charge on any atom is -0.423 e. The Hall–Kier alpha value is -2.42. The lowest BCUT2D eigenvalue weighted by molar-refractivity contribution is 0.0734. The summed E-state index contributed by atoms with van der Waals surface area (Å²) in [4.78, 5) is 23.7. The third-order valence-electron chi connectivity index (χ3n) is 3.15. The van der Waals surface area contributed by atoms with E-state index in [4.69, 9.17) is 4.74 Å². The maximum absolute atomic E-state index is 11.9. The minimum atomic E-state index is -0.402. The van der Waals surface area contributed by atoms with E-state index in [0.717, 1.165) is 12.8 Å². The van der Waals surface area contributed by atoms with Crippen LogP contribution in [0, 0.1) is 0 Å². The molecule has 0 fully saturated rings. The first-order valence-corrected chi connectivity index (χ1v) is 7.11. The monoisotopic (exact) mass is 282 g/mol. The zero-order chi connectivity index (χ0) is 15.1. The number of rotatable bonds is 6. The molecule has 21 heavy (non-hydrogen) atoms. The zero-order valence-electron chi connectivity index (χ0n) is 12.0. The third kappa shape index (κ3) is 4.28. The largest absolute Gasteiger partial charge is 0.423 e. The third-order valence-corrected chi connectivity index (χ3v) is 3.15. The molecule has 0 bridgehead atoms. The van der Waals surface area contributed by atoms with Gasteiger partial charge in [0, 0.05) is 12.0 Å². The highest BCUT2D eigenvalue weighted by Crippen LogP contribution is 2.16. The maximum Gasteiger partial charge on any atom is 0.343 e. The molecule has 0 aliphatic heterocycles. The van der Waals surface area contributed by atoms with Crippen LogP contribution >= 0.6 is 0 Å². The van der Waals surface area contributed by atoms with Crippen molar-refractivity contribution in [3.05, 3.63) is 65.7 Å². The summed E-state index contributed by atoms with van der Waals surface area (Å²) in [6.07, 6.45) is 2.45. The van der Waals surface area contributed by atoms with Gasteiger partial charge in [0.25, 0.3) is 0 Å². The molecule has 0 radical (unpaired) electrons. The van der Waals surface area contributed by atoms with Gasteiger partial charge in [-0.1, -0.05) is 31.5 Å². The van der Waals surface area contributed by atoms with Gasteiger partial charge >= 0.3 is 5.97 Å². The maximum atomic E-state index is 11.9. The normalized spacial score (nSPS) is 10.1. The van der Waals surface area contributed by atoms with E-state index >= 15 is 0 Å². The molecule has 0 heterocycles. The van der Waals surface area contributed by atoms with Gasteiger partial charge in [0.2, 0.25) is 0 Å². The Labute approximate surface area is 124 Å². The number of hydrogen-bond donors (Lipinski definition) is 0. The van der Waals surface area contributed by atoms with Crippen LogP contribution in [0.25, 0.3) is 0 Å². The molecule has 0 aliphatic rings. The fourth-order valence-electron chi connectivity index (χ4n) is 1.93. The van der Waals surface area contributed by atoms with Crippen molar-refractivity contribution in [3.63, 3.8) is 0 Å². The number of carbonyl (C=O) groups is 2. The molecule has 0 unspecified atom stereocenters. The van der Waals surface area contributed by atoms with E-state index in [1.165, 1.54) is 0 Å². The number of benzene rings is 2. The zero-order valence-corrected chi connectivity index (χ0v) is 12.0. The van der Waals surface area contributed by atoms with Crippen LogP contribution in [0.4, 0.5) is 0 Å². The Bertz CT molecular complexity index is 600. The first-order valence-electron chi connectivity index (χ1n) is 7.11. The number of Topliss-reactive ketones (excluding diaryl/α,β-unsaturated/α-hetero) is 1. The molecular formula is C18H18O3. The van der Waals surface area contributed by atoms with Gasteiger partial charge in [0.05, 0.1) is 5.56 Å². The molecular weight excluding hydrogens is 264 g/mol. The molecule has 3 nitrogen and oxygen atoms in total. The topological polar surface area (TPSA) is 43.4 Å². The van der Waals surface area contributed by atoms with E-state index < -0.39 is 5.97 Å². The summed E-state index contributed by atoms with van der Waals surface area (Å²) in [5.41, 5.74) is 1.16. The van der Waals surface area contributed by atoms with E-state index in [9.17, 15) is 9.59 Å². The Kier molecular flexibility index (Phi) is 5.27. The molecule has 0 atom stereocenters. The molecule has 2 aromatic rings. The summed E-state index contributed by atoms with van der Waals surface area (Å²) in [7, 11) is 0. The predicted molar refractivity (Wildman–Crippen MR) is 81.7 cm³/mol. The fourth-order valence-corrected chi connectivity index (χ4v) is 1.93. The summed E-state index contributed by atoms with van der Waals surface area (Å²) < 4.78 is 5.27. The van der Waals surface area contributed by atoms with Crippen LogP contribution in [0.5, 0.6) is 5.75 Å². The molecule has 0 saturated carbocycles. The van der Waals surface area contributed by atoms with E-state index in [1.54, 1.807) is 48.5 Å². The molecule has 0 spiro atoms. The van der Waals surface area contributed by atoms with Crippen molar-refractivity contribution in [1.29, 1.82) is 0 Å². The summed E-state index contributed by atoms with van der Waals surface area (Å²) in [5.74, 6) is 0.161.